The second kappa shape index (κ2) is 4.50. The highest BCUT2D eigenvalue weighted by Gasteiger charge is 2.16. The molecule has 0 amide bonds. The van der Waals surface area contributed by atoms with E-state index in [2.05, 4.69) is 0 Å². The van der Waals surface area contributed by atoms with Gasteiger partial charge in [0.15, 0.2) is 0 Å². The van der Waals surface area contributed by atoms with Crippen LogP contribution in [0, 0.1) is 6.92 Å². The average Bonchev–Trinajstić information content (AvgIpc) is 2.15. The van der Waals surface area contributed by atoms with Crippen LogP contribution in [-0.2, 0) is 21.4 Å². The molecule has 16 heavy (non-hydrogen) atoms. The van der Waals surface area contributed by atoms with Gasteiger partial charge in [-0.15, -0.1) is 0 Å². The number of aryl methyl sites for hydroxylation is 1. The van der Waals surface area contributed by atoms with Crippen LogP contribution in [0.3, 0.4) is 0 Å². The van der Waals surface area contributed by atoms with Gasteiger partial charge in [-0.1, -0.05) is 6.07 Å². The lowest BCUT2D eigenvalue weighted by molar-refractivity contribution is 0.482. The van der Waals surface area contributed by atoms with Crippen LogP contribution in [0.15, 0.2) is 23.1 Å². The van der Waals surface area contributed by atoms with E-state index in [1.54, 1.807) is 0 Å². The summed E-state index contributed by atoms with van der Waals surface area (Å²) in [5.74, 6) is 0. The minimum atomic E-state index is -4.32. The fourth-order valence-electron chi connectivity index (χ4n) is 1.15. The monoisotopic (exact) mass is 265 g/mol. The average molecular weight is 265 g/mol. The molecule has 1 unspecified atom stereocenters. The zero-order chi connectivity index (χ0) is 12.5. The number of benzene rings is 1. The summed E-state index contributed by atoms with van der Waals surface area (Å²) < 4.78 is 51.5. The normalized spacial score (nSPS) is 13.5. The molecular formula is C8H11NO5S2. The van der Waals surface area contributed by atoms with E-state index in [0.29, 0.717) is 5.56 Å². The summed E-state index contributed by atoms with van der Waals surface area (Å²) in [7, 11) is -2.99. The standard InChI is InChI=1S/C8H11NO5S2/c1-6-3-4-7(9(2)15(10)11)5-8(6)16(12,13)14/h3-5H,1-2H3,(H,10,11)(H,12,13,14). The molecule has 0 saturated carbocycles. The molecule has 0 aliphatic carbocycles. The molecule has 0 bridgehead atoms. The first-order valence-electron chi connectivity index (χ1n) is 4.16. The summed E-state index contributed by atoms with van der Waals surface area (Å²) in [5, 5.41) is 0. The first-order chi connectivity index (χ1) is 7.23. The topological polar surface area (TPSA) is 94.9 Å². The zero-order valence-electron chi connectivity index (χ0n) is 8.61. The molecule has 0 aromatic heterocycles. The maximum Gasteiger partial charge on any atom is 0.294 e. The molecule has 0 aliphatic rings. The van der Waals surface area contributed by atoms with E-state index in [1.165, 1.54) is 26.1 Å². The van der Waals surface area contributed by atoms with Crippen molar-refractivity contribution in [3.8, 4) is 0 Å². The van der Waals surface area contributed by atoms with Crippen molar-refractivity contribution >= 4 is 27.1 Å². The van der Waals surface area contributed by atoms with Crippen LogP contribution in [0.5, 0.6) is 0 Å². The number of nitrogens with zero attached hydrogens (tertiary/aromatic N) is 1. The van der Waals surface area contributed by atoms with E-state index >= 15 is 0 Å². The molecule has 0 spiro atoms. The SMILES string of the molecule is Cc1ccc(N(C)S(=O)O)cc1S(=O)(=O)O. The fourth-order valence-corrected chi connectivity index (χ4v) is 2.19. The first kappa shape index (κ1) is 13.1. The third kappa shape index (κ3) is 2.79. The minimum Gasteiger partial charge on any atom is -0.289 e. The molecule has 1 aromatic carbocycles. The van der Waals surface area contributed by atoms with Gasteiger partial charge >= 0.3 is 0 Å². The summed E-state index contributed by atoms with van der Waals surface area (Å²) in [6, 6.07) is 4.07. The molecule has 90 valence electrons. The maximum absolute atomic E-state index is 11.0. The zero-order valence-corrected chi connectivity index (χ0v) is 10.2. The van der Waals surface area contributed by atoms with Gasteiger partial charge in [0.25, 0.3) is 21.4 Å². The Labute approximate surface area is 96.1 Å². The highest BCUT2D eigenvalue weighted by Crippen LogP contribution is 2.22. The molecule has 8 heteroatoms. The summed E-state index contributed by atoms with van der Waals surface area (Å²) in [6.45, 7) is 1.52. The van der Waals surface area contributed by atoms with Crippen LogP contribution >= 0.6 is 0 Å². The third-order valence-electron chi connectivity index (χ3n) is 2.05. The van der Waals surface area contributed by atoms with Crippen molar-refractivity contribution in [1.29, 1.82) is 0 Å². The predicted octanol–water partition coefficient (Wildman–Crippen LogP) is 0.815. The van der Waals surface area contributed by atoms with Crippen LogP contribution in [-0.4, -0.2) is 28.8 Å². The van der Waals surface area contributed by atoms with Gasteiger partial charge in [-0.3, -0.25) is 13.4 Å². The van der Waals surface area contributed by atoms with Crippen LogP contribution in [0.4, 0.5) is 5.69 Å². The fraction of sp³-hybridized carbons (Fsp3) is 0.250. The van der Waals surface area contributed by atoms with E-state index in [1.807, 2.05) is 0 Å². The highest BCUT2D eigenvalue weighted by molar-refractivity contribution is 7.86. The predicted molar refractivity (Wildman–Crippen MR) is 60.2 cm³/mol. The third-order valence-corrected chi connectivity index (χ3v) is 3.72. The van der Waals surface area contributed by atoms with Gasteiger partial charge in [0, 0.05) is 7.05 Å². The smallest absolute Gasteiger partial charge is 0.289 e. The van der Waals surface area contributed by atoms with Crippen LogP contribution < -0.4 is 4.31 Å². The summed E-state index contributed by atoms with van der Waals surface area (Å²) >= 11 is -2.25. The Morgan fingerprint density at radius 1 is 1.38 bits per heavy atom. The Hall–Kier alpha value is -0.960. The second-order valence-corrected chi connectivity index (χ2v) is 5.55. The molecular weight excluding hydrogens is 254 g/mol. The molecule has 0 radical (unpaired) electrons. The van der Waals surface area contributed by atoms with Crippen LogP contribution in [0.1, 0.15) is 5.56 Å². The molecule has 0 heterocycles. The molecule has 1 rings (SSSR count). The van der Waals surface area contributed by atoms with Crippen molar-refractivity contribution in [1.82, 2.24) is 0 Å². The van der Waals surface area contributed by atoms with Crippen molar-refractivity contribution in [3.05, 3.63) is 23.8 Å². The minimum absolute atomic E-state index is 0.221. The lowest BCUT2D eigenvalue weighted by atomic mass is 10.2. The number of hydrogen-bond donors (Lipinski definition) is 2. The first-order valence-corrected chi connectivity index (χ1v) is 6.66. The molecule has 0 aliphatic heterocycles. The molecule has 0 fully saturated rings. The summed E-state index contributed by atoms with van der Waals surface area (Å²) in [5.41, 5.74) is 0.586. The molecule has 2 N–H and O–H groups in total. The number of anilines is 1. The molecule has 1 aromatic rings. The van der Waals surface area contributed by atoms with Gasteiger partial charge < -0.3 is 0 Å². The van der Waals surface area contributed by atoms with Gasteiger partial charge in [-0.25, -0.2) is 4.21 Å². The van der Waals surface area contributed by atoms with Gasteiger partial charge in [0.2, 0.25) is 0 Å². The Balaban J connectivity index is 3.34. The Morgan fingerprint density at radius 3 is 2.38 bits per heavy atom. The van der Waals surface area contributed by atoms with E-state index in [-0.39, 0.29) is 10.6 Å². The van der Waals surface area contributed by atoms with Crippen LogP contribution in [0.2, 0.25) is 0 Å². The summed E-state index contributed by atoms with van der Waals surface area (Å²) in [4.78, 5) is -0.276. The number of hydrogen-bond acceptors (Lipinski definition) is 3. The molecule has 0 saturated heterocycles. The highest BCUT2D eigenvalue weighted by atomic mass is 32.2. The Kier molecular flexibility index (Phi) is 3.68. The van der Waals surface area contributed by atoms with Crippen molar-refractivity contribution in [2.24, 2.45) is 0 Å². The Bertz CT molecular complexity index is 525. The van der Waals surface area contributed by atoms with Crippen molar-refractivity contribution in [2.75, 3.05) is 11.4 Å². The maximum atomic E-state index is 11.0. The van der Waals surface area contributed by atoms with E-state index in [4.69, 9.17) is 9.11 Å². The van der Waals surface area contributed by atoms with Crippen LogP contribution in [0.25, 0.3) is 0 Å². The largest absolute Gasteiger partial charge is 0.294 e. The van der Waals surface area contributed by atoms with Crippen molar-refractivity contribution in [2.45, 2.75) is 11.8 Å². The van der Waals surface area contributed by atoms with Gasteiger partial charge in [0.05, 0.1) is 10.6 Å². The van der Waals surface area contributed by atoms with E-state index < -0.39 is 21.4 Å². The molecule has 1 atom stereocenters. The van der Waals surface area contributed by atoms with Crippen molar-refractivity contribution < 1.29 is 21.7 Å². The van der Waals surface area contributed by atoms with E-state index in [9.17, 15) is 12.6 Å². The Morgan fingerprint density at radius 2 is 1.94 bits per heavy atom. The summed E-state index contributed by atoms with van der Waals surface area (Å²) in [6.07, 6.45) is 0. The van der Waals surface area contributed by atoms with E-state index in [0.717, 1.165) is 10.4 Å². The second-order valence-electron chi connectivity index (χ2n) is 3.15. The lowest BCUT2D eigenvalue weighted by Crippen LogP contribution is -2.19. The lowest BCUT2D eigenvalue weighted by Gasteiger charge is -2.15. The van der Waals surface area contributed by atoms with Gasteiger partial charge in [-0.2, -0.15) is 8.42 Å². The van der Waals surface area contributed by atoms with Gasteiger partial charge in [-0.05, 0) is 24.6 Å². The molecule has 6 nitrogen and oxygen atoms in total. The number of rotatable bonds is 3. The van der Waals surface area contributed by atoms with Crippen molar-refractivity contribution in [3.63, 3.8) is 0 Å². The van der Waals surface area contributed by atoms with Gasteiger partial charge in [0.1, 0.15) is 0 Å². The quantitative estimate of drug-likeness (QED) is 0.623.